The fourth-order valence-corrected chi connectivity index (χ4v) is 1.48. The van der Waals surface area contributed by atoms with Gasteiger partial charge < -0.3 is 10.5 Å². The van der Waals surface area contributed by atoms with Gasteiger partial charge in [0.05, 0.1) is 5.56 Å². The average molecular weight is 309 g/mol. The third-order valence-corrected chi connectivity index (χ3v) is 2.81. The summed E-state index contributed by atoms with van der Waals surface area (Å²) in [7, 11) is 0. The van der Waals surface area contributed by atoms with E-state index in [1.165, 1.54) is 18.5 Å². The van der Waals surface area contributed by atoms with Crippen molar-refractivity contribution >= 4 is 21.7 Å². The van der Waals surface area contributed by atoms with Gasteiger partial charge in [0, 0.05) is 6.07 Å². The van der Waals surface area contributed by atoms with Crippen molar-refractivity contribution in [2.45, 2.75) is 0 Å². The zero-order valence-electron chi connectivity index (χ0n) is 8.89. The first kappa shape index (κ1) is 12.3. The first-order valence-corrected chi connectivity index (χ1v) is 5.54. The molecule has 1 aromatic carbocycles. The van der Waals surface area contributed by atoms with Crippen LogP contribution in [0.15, 0.2) is 29.0 Å². The Kier molecular flexibility index (Phi) is 3.39. The molecule has 0 aliphatic heterocycles. The van der Waals surface area contributed by atoms with E-state index >= 15 is 0 Å². The monoisotopic (exact) mass is 308 g/mol. The van der Waals surface area contributed by atoms with Crippen LogP contribution in [0.3, 0.4) is 0 Å². The number of hydrogen-bond acceptors (Lipinski definition) is 5. The SMILES string of the molecule is N#Cc1ccc(Oc2ncnc(N)c2Br)cc1F. The van der Waals surface area contributed by atoms with Gasteiger partial charge in [-0.25, -0.2) is 14.4 Å². The second-order valence-electron chi connectivity index (χ2n) is 3.23. The number of anilines is 1. The molecule has 18 heavy (non-hydrogen) atoms. The van der Waals surface area contributed by atoms with Gasteiger partial charge in [-0.1, -0.05) is 0 Å². The second kappa shape index (κ2) is 4.98. The van der Waals surface area contributed by atoms with E-state index in [0.29, 0.717) is 4.47 Å². The molecule has 0 saturated carbocycles. The Morgan fingerprint density at radius 1 is 1.39 bits per heavy atom. The minimum absolute atomic E-state index is 0.0522. The molecule has 0 aliphatic carbocycles. The fraction of sp³-hybridized carbons (Fsp3) is 0. The molecule has 0 unspecified atom stereocenters. The Bertz CT molecular complexity index is 641. The normalized spacial score (nSPS) is 9.83. The standard InChI is InChI=1S/C11H6BrFN4O/c12-9-10(15)16-5-17-11(9)18-7-2-1-6(4-14)8(13)3-7/h1-3,5H,(H2,15,16,17). The third-order valence-electron chi connectivity index (χ3n) is 2.06. The first-order valence-electron chi connectivity index (χ1n) is 4.75. The number of ether oxygens (including phenoxy) is 1. The lowest BCUT2D eigenvalue weighted by Crippen LogP contribution is -1.97. The van der Waals surface area contributed by atoms with E-state index in [1.807, 2.05) is 0 Å². The Morgan fingerprint density at radius 3 is 2.83 bits per heavy atom. The molecule has 0 saturated heterocycles. The van der Waals surface area contributed by atoms with E-state index in [-0.39, 0.29) is 23.0 Å². The molecule has 0 bridgehead atoms. The van der Waals surface area contributed by atoms with Crippen LogP contribution in [-0.4, -0.2) is 9.97 Å². The molecule has 90 valence electrons. The molecule has 1 aromatic heterocycles. The molecule has 1 heterocycles. The molecule has 2 aromatic rings. The van der Waals surface area contributed by atoms with Crippen LogP contribution in [-0.2, 0) is 0 Å². The van der Waals surface area contributed by atoms with Gasteiger partial charge in [-0.05, 0) is 28.1 Å². The Hall–Kier alpha value is -2.20. The zero-order valence-corrected chi connectivity index (χ0v) is 10.5. The van der Waals surface area contributed by atoms with Crippen LogP contribution < -0.4 is 10.5 Å². The van der Waals surface area contributed by atoms with Crippen molar-refractivity contribution in [1.82, 2.24) is 9.97 Å². The molecule has 0 amide bonds. The van der Waals surface area contributed by atoms with Crippen LogP contribution in [0.2, 0.25) is 0 Å². The summed E-state index contributed by atoms with van der Waals surface area (Å²) in [5.74, 6) is -0.0563. The van der Waals surface area contributed by atoms with Gasteiger partial charge in [-0.3, -0.25) is 0 Å². The van der Waals surface area contributed by atoms with Gasteiger partial charge in [0.1, 0.15) is 34.3 Å². The number of nitrogens with zero attached hydrogens (tertiary/aromatic N) is 3. The summed E-state index contributed by atoms with van der Waals surface area (Å²) >= 11 is 3.16. The summed E-state index contributed by atoms with van der Waals surface area (Å²) in [5, 5.41) is 8.60. The second-order valence-corrected chi connectivity index (χ2v) is 4.03. The summed E-state index contributed by atoms with van der Waals surface area (Å²) < 4.78 is 19.1. The highest BCUT2D eigenvalue weighted by Crippen LogP contribution is 2.30. The van der Waals surface area contributed by atoms with Crippen molar-refractivity contribution in [3.8, 4) is 17.7 Å². The van der Waals surface area contributed by atoms with Crippen molar-refractivity contribution in [3.05, 3.63) is 40.4 Å². The Balaban J connectivity index is 2.32. The van der Waals surface area contributed by atoms with Crippen molar-refractivity contribution in [2.75, 3.05) is 5.73 Å². The van der Waals surface area contributed by atoms with Gasteiger partial charge in [-0.2, -0.15) is 5.26 Å². The highest BCUT2D eigenvalue weighted by atomic mass is 79.9. The number of nitriles is 1. The fourth-order valence-electron chi connectivity index (χ4n) is 1.20. The summed E-state index contributed by atoms with van der Waals surface area (Å²) in [6.45, 7) is 0. The van der Waals surface area contributed by atoms with E-state index in [1.54, 1.807) is 6.07 Å². The highest BCUT2D eigenvalue weighted by Gasteiger charge is 2.10. The van der Waals surface area contributed by atoms with Crippen LogP contribution in [0.4, 0.5) is 10.2 Å². The van der Waals surface area contributed by atoms with Crippen LogP contribution in [0.5, 0.6) is 11.6 Å². The lowest BCUT2D eigenvalue weighted by molar-refractivity contribution is 0.454. The minimum Gasteiger partial charge on any atom is -0.438 e. The predicted octanol–water partition coefficient (Wildman–Crippen LogP) is 2.62. The maximum absolute atomic E-state index is 13.4. The van der Waals surface area contributed by atoms with Crippen molar-refractivity contribution in [1.29, 1.82) is 5.26 Å². The number of aromatic nitrogens is 2. The number of nitrogens with two attached hydrogens (primary N) is 1. The number of rotatable bonds is 2. The summed E-state index contributed by atoms with van der Waals surface area (Å²) in [6.07, 6.45) is 1.23. The summed E-state index contributed by atoms with van der Waals surface area (Å²) in [5.41, 5.74) is 5.50. The van der Waals surface area contributed by atoms with Gasteiger partial charge >= 0.3 is 0 Å². The van der Waals surface area contributed by atoms with Crippen LogP contribution in [0.25, 0.3) is 0 Å². The quantitative estimate of drug-likeness (QED) is 0.921. The molecular formula is C11H6BrFN4O. The molecular weight excluding hydrogens is 303 g/mol. The van der Waals surface area contributed by atoms with E-state index < -0.39 is 5.82 Å². The van der Waals surface area contributed by atoms with Gasteiger partial charge in [0.2, 0.25) is 5.88 Å². The maximum Gasteiger partial charge on any atom is 0.238 e. The molecule has 0 atom stereocenters. The van der Waals surface area contributed by atoms with E-state index in [9.17, 15) is 4.39 Å². The van der Waals surface area contributed by atoms with E-state index in [2.05, 4.69) is 25.9 Å². The lowest BCUT2D eigenvalue weighted by atomic mass is 10.2. The summed E-state index contributed by atoms with van der Waals surface area (Å²) in [4.78, 5) is 7.61. The number of benzene rings is 1. The molecule has 0 fully saturated rings. The Morgan fingerprint density at radius 2 is 2.17 bits per heavy atom. The van der Waals surface area contributed by atoms with Crippen LogP contribution in [0.1, 0.15) is 5.56 Å². The van der Waals surface area contributed by atoms with Gasteiger partial charge in [0.15, 0.2) is 0 Å². The van der Waals surface area contributed by atoms with Gasteiger partial charge in [0.25, 0.3) is 0 Å². The van der Waals surface area contributed by atoms with E-state index in [4.69, 9.17) is 15.7 Å². The number of hydrogen-bond donors (Lipinski definition) is 1. The number of nitrogen functional groups attached to an aromatic ring is 1. The smallest absolute Gasteiger partial charge is 0.238 e. The maximum atomic E-state index is 13.4. The predicted molar refractivity (Wildman–Crippen MR) is 65.3 cm³/mol. The lowest BCUT2D eigenvalue weighted by Gasteiger charge is -2.07. The molecule has 5 nitrogen and oxygen atoms in total. The molecule has 2 rings (SSSR count). The molecule has 2 N–H and O–H groups in total. The van der Waals surface area contributed by atoms with E-state index in [0.717, 1.165) is 6.07 Å². The number of halogens is 2. The molecule has 7 heteroatoms. The zero-order chi connectivity index (χ0) is 13.1. The highest BCUT2D eigenvalue weighted by molar-refractivity contribution is 9.10. The van der Waals surface area contributed by atoms with Crippen molar-refractivity contribution in [2.24, 2.45) is 0 Å². The average Bonchev–Trinajstić information content (AvgIpc) is 2.35. The van der Waals surface area contributed by atoms with Gasteiger partial charge in [-0.15, -0.1) is 0 Å². The summed E-state index contributed by atoms with van der Waals surface area (Å²) in [6, 6.07) is 5.61. The minimum atomic E-state index is -0.659. The van der Waals surface area contributed by atoms with Crippen LogP contribution >= 0.6 is 15.9 Å². The third kappa shape index (κ3) is 2.38. The Labute approximate surface area is 110 Å². The first-order chi connectivity index (χ1) is 8.61. The molecule has 0 spiro atoms. The molecule has 0 radical (unpaired) electrons. The van der Waals surface area contributed by atoms with Crippen LogP contribution in [0, 0.1) is 17.1 Å². The topological polar surface area (TPSA) is 84.8 Å². The largest absolute Gasteiger partial charge is 0.438 e. The van der Waals surface area contributed by atoms with Crippen molar-refractivity contribution in [3.63, 3.8) is 0 Å². The van der Waals surface area contributed by atoms with Crippen molar-refractivity contribution < 1.29 is 9.13 Å². The molecule has 0 aliphatic rings.